The van der Waals surface area contributed by atoms with Gasteiger partial charge in [0.05, 0.1) is 13.3 Å². The van der Waals surface area contributed by atoms with Crippen LogP contribution in [0.1, 0.15) is 5.56 Å². The Morgan fingerprint density at radius 1 is 1.58 bits per heavy atom. The van der Waals surface area contributed by atoms with Crippen molar-refractivity contribution >= 4 is 0 Å². The van der Waals surface area contributed by atoms with Crippen LogP contribution in [-0.4, -0.2) is 18.6 Å². The zero-order valence-corrected chi connectivity index (χ0v) is 6.95. The van der Waals surface area contributed by atoms with Gasteiger partial charge in [0.15, 0.2) is 0 Å². The minimum absolute atomic E-state index is 0.509. The van der Waals surface area contributed by atoms with Crippen LogP contribution < -0.4 is 4.74 Å². The molecule has 0 spiro atoms. The fourth-order valence-corrected chi connectivity index (χ4v) is 0.897. The maximum atomic E-state index is 6.62. The van der Waals surface area contributed by atoms with Crippen molar-refractivity contribution in [2.24, 2.45) is 0 Å². The summed E-state index contributed by atoms with van der Waals surface area (Å²) in [6, 6.07) is 1.90. The number of methoxy groups -OCH3 is 1. The van der Waals surface area contributed by atoms with Crippen molar-refractivity contribution in [1.29, 1.82) is 0 Å². The standard InChI is InChI=1S/C9H10N2O/c1-10-4-3-8-5-9(12-2)7-11-6-8/h5-7H,3-4H2,2H3. The van der Waals surface area contributed by atoms with Gasteiger partial charge in [0.1, 0.15) is 5.75 Å². The summed E-state index contributed by atoms with van der Waals surface area (Å²) in [6.07, 6.45) is 4.16. The predicted octanol–water partition coefficient (Wildman–Crippen LogP) is 1.55. The van der Waals surface area contributed by atoms with Crippen molar-refractivity contribution in [3.05, 3.63) is 35.4 Å². The molecule has 0 unspecified atom stereocenters. The van der Waals surface area contributed by atoms with Crippen LogP contribution in [0.5, 0.6) is 5.75 Å². The van der Waals surface area contributed by atoms with Gasteiger partial charge in [-0.15, -0.1) is 0 Å². The monoisotopic (exact) mass is 162 g/mol. The number of aromatic nitrogens is 1. The molecule has 0 aliphatic rings. The van der Waals surface area contributed by atoms with E-state index in [1.807, 2.05) is 6.07 Å². The Morgan fingerprint density at radius 2 is 2.42 bits per heavy atom. The van der Waals surface area contributed by atoms with Gasteiger partial charge in [-0.05, 0) is 11.6 Å². The number of pyridine rings is 1. The van der Waals surface area contributed by atoms with E-state index in [4.69, 9.17) is 11.3 Å². The molecule has 0 aliphatic heterocycles. The number of ether oxygens (including phenoxy) is 1. The van der Waals surface area contributed by atoms with E-state index in [9.17, 15) is 0 Å². The number of hydrogen-bond donors (Lipinski definition) is 0. The second-order valence-corrected chi connectivity index (χ2v) is 2.36. The van der Waals surface area contributed by atoms with Crippen molar-refractivity contribution < 1.29 is 4.74 Å². The third kappa shape index (κ3) is 2.24. The van der Waals surface area contributed by atoms with Crippen LogP contribution in [0.2, 0.25) is 0 Å². The first kappa shape index (κ1) is 8.54. The predicted molar refractivity (Wildman–Crippen MR) is 46.0 cm³/mol. The van der Waals surface area contributed by atoms with Crippen LogP contribution in [0.15, 0.2) is 18.5 Å². The lowest BCUT2D eigenvalue weighted by molar-refractivity contribution is 0.412. The van der Waals surface area contributed by atoms with Gasteiger partial charge in [0.2, 0.25) is 6.54 Å². The fourth-order valence-electron chi connectivity index (χ4n) is 0.897. The molecule has 3 nitrogen and oxygen atoms in total. The van der Waals surface area contributed by atoms with Gasteiger partial charge in [-0.1, -0.05) is 0 Å². The molecule has 0 saturated heterocycles. The first-order valence-electron chi connectivity index (χ1n) is 3.68. The Labute approximate surface area is 71.8 Å². The summed E-state index contributed by atoms with van der Waals surface area (Å²) in [7, 11) is 1.61. The van der Waals surface area contributed by atoms with Crippen LogP contribution in [-0.2, 0) is 6.42 Å². The second kappa shape index (κ2) is 4.35. The topological polar surface area (TPSA) is 26.5 Å². The van der Waals surface area contributed by atoms with Crippen molar-refractivity contribution in [2.75, 3.05) is 13.7 Å². The molecule has 62 valence electrons. The quantitative estimate of drug-likeness (QED) is 0.630. The molecule has 1 heterocycles. The molecule has 1 aromatic rings. The molecule has 0 aliphatic carbocycles. The molecule has 0 fully saturated rings. The van der Waals surface area contributed by atoms with Crippen LogP contribution in [0.25, 0.3) is 4.85 Å². The molecule has 0 N–H and O–H groups in total. The van der Waals surface area contributed by atoms with Crippen LogP contribution in [0, 0.1) is 6.57 Å². The van der Waals surface area contributed by atoms with Crippen LogP contribution in [0.4, 0.5) is 0 Å². The van der Waals surface area contributed by atoms with Crippen molar-refractivity contribution in [1.82, 2.24) is 4.98 Å². The Morgan fingerprint density at radius 3 is 3.08 bits per heavy atom. The average molecular weight is 162 g/mol. The molecule has 1 rings (SSSR count). The number of hydrogen-bond acceptors (Lipinski definition) is 2. The SMILES string of the molecule is [C-]#[N+]CCc1cncc(OC)c1. The summed E-state index contributed by atoms with van der Waals surface area (Å²) in [6.45, 7) is 7.13. The van der Waals surface area contributed by atoms with Gasteiger partial charge in [-0.2, -0.15) is 0 Å². The molecule has 12 heavy (non-hydrogen) atoms. The largest absolute Gasteiger partial charge is 0.495 e. The Hall–Kier alpha value is -1.56. The molecular formula is C9H10N2O. The van der Waals surface area contributed by atoms with Gasteiger partial charge < -0.3 is 9.58 Å². The summed E-state index contributed by atoms with van der Waals surface area (Å²) in [5, 5.41) is 0. The van der Waals surface area contributed by atoms with Crippen molar-refractivity contribution in [3.8, 4) is 5.75 Å². The van der Waals surface area contributed by atoms with Crippen molar-refractivity contribution in [3.63, 3.8) is 0 Å². The van der Waals surface area contributed by atoms with Gasteiger partial charge in [-0.25, -0.2) is 6.57 Å². The molecule has 3 heteroatoms. The Kier molecular flexibility index (Phi) is 3.09. The minimum atomic E-state index is 0.509. The number of nitrogens with zero attached hydrogens (tertiary/aromatic N) is 2. The first-order chi connectivity index (χ1) is 5.86. The lowest BCUT2D eigenvalue weighted by Gasteiger charge is -1.99. The zero-order chi connectivity index (χ0) is 8.81. The fraction of sp³-hybridized carbons (Fsp3) is 0.333. The highest BCUT2D eigenvalue weighted by Crippen LogP contribution is 2.10. The van der Waals surface area contributed by atoms with E-state index in [0.717, 1.165) is 17.7 Å². The Balaban J connectivity index is 2.67. The van der Waals surface area contributed by atoms with Crippen LogP contribution in [0.3, 0.4) is 0 Å². The highest BCUT2D eigenvalue weighted by molar-refractivity contribution is 5.23. The summed E-state index contributed by atoms with van der Waals surface area (Å²) in [5.74, 6) is 0.748. The van der Waals surface area contributed by atoms with Gasteiger partial charge in [-0.3, -0.25) is 4.98 Å². The zero-order valence-electron chi connectivity index (χ0n) is 6.95. The molecule has 0 amide bonds. The average Bonchev–Trinajstić information content (AvgIpc) is 2.15. The third-order valence-electron chi connectivity index (χ3n) is 1.52. The highest BCUT2D eigenvalue weighted by atomic mass is 16.5. The Bertz CT molecular complexity index is 291. The van der Waals surface area contributed by atoms with Crippen molar-refractivity contribution in [2.45, 2.75) is 6.42 Å². The smallest absolute Gasteiger partial charge is 0.218 e. The summed E-state index contributed by atoms with van der Waals surface area (Å²) < 4.78 is 4.99. The number of rotatable bonds is 3. The van der Waals surface area contributed by atoms with E-state index in [1.165, 1.54) is 0 Å². The summed E-state index contributed by atoms with van der Waals surface area (Å²) in [5.41, 5.74) is 1.05. The van der Waals surface area contributed by atoms with Crippen LogP contribution >= 0.6 is 0 Å². The maximum Gasteiger partial charge on any atom is 0.218 e. The van der Waals surface area contributed by atoms with E-state index in [-0.39, 0.29) is 0 Å². The first-order valence-corrected chi connectivity index (χ1v) is 3.68. The molecule has 1 aromatic heterocycles. The summed E-state index contributed by atoms with van der Waals surface area (Å²) >= 11 is 0. The molecule has 0 bridgehead atoms. The lowest BCUT2D eigenvalue weighted by atomic mass is 10.2. The van der Waals surface area contributed by atoms with E-state index >= 15 is 0 Å². The minimum Gasteiger partial charge on any atom is -0.495 e. The lowest BCUT2D eigenvalue weighted by Crippen LogP contribution is -1.91. The van der Waals surface area contributed by atoms with Gasteiger partial charge in [0, 0.05) is 12.6 Å². The van der Waals surface area contributed by atoms with E-state index < -0.39 is 0 Å². The van der Waals surface area contributed by atoms with E-state index in [0.29, 0.717) is 6.54 Å². The summed E-state index contributed by atoms with van der Waals surface area (Å²) in [4.78, 5) is 7.25. The van der Waals surface area contributed by atoms with E-state index in [1.54, 1.807) is 19.5 Å². The molecule has 0 radical (unpaired) electrons. The highest BCUT2D eigenvalue weighted by Gasteiger charge is 1.97. The molecular weight excluding hydrogens is 152 g/mol. The maximum absolute atomic E-state index is 6.62. The molecule has 0 aromatic carbocycles. The third-order valence-corrected chi connectivity index (χ3v) is 1.52. The van der Waals surface area contributed by atoms with E-state index in [2.05, 4.69) is 9.83 Å². The second-order valence-electron chi connectivity index (χ2n) is 2.36. The van der Waals surface area contributed by atoms with Gasteiger partial charge in [0.25, 0.3) is 0 Å². The van der Waals surface area contributed by atoms with Gasteiger partial charge >= 0.3 is 0 Å². The molecule has 0 saturated carbocycles. The molecule has 0 atom stereocenters. The normalized spacial score (nSPS) is 9.00.